The Kier molecular flexibility index (Phi) is 7.06. The first-order valence-corrected chi connectivity index (χ1v) is 11.3. The molecule has 1 fully saturated rings. The minimum absolute atomic E-state index is 0.280. The predicted molar refractivity (Wildman–Crippen MR) is 128 cm³/mol. The molecule has 160 valence electrons. The maximum absolute atomic E-state index is 9.78. The summed E-state index contributed by atoms with van der Waals surface area (Å²) in [6.07, 6.45) is 3.53. The van der Waals surface area contributed by atoms with Crippen LogP contribution in [0, 0.1) is 0 Å². The molecule has 3 heteroatoms. The Labute approximate surface area is 185 Å². The van der Waals surface area contributed by atoms with Crippen molar-refractivity contribution in [3.05, 3.63) is 95.6 Å². The van der Waals surface area contributed by atoms with Crippen LogP contribution in [0.1, 0.15) is 42.9 Å². The zero-order valence-electron chi connectivity index (χ0n) is 18.3. The van der Waals surface area contributed by atoms with Crippen LogP contribution in [0.5, 0.6) is 11.5 Å². The molecule has 0 saturated carbocycles. The zero-order valence-corrected chi connectivity index (χ0v) is 18.3. The van der Waals surface area contributed by atoms with E-state index in [1.165, 1.54) is 42.6 Å². The van der Waals surface area contributed by atoms with Crippen molar-refractivity contribution < 1.29 is 9.84 Å². The van der Waals surface area contributed by atoms with Gasteiger partial charge in [0.25, 0.3) is 0 Å². The summed E-state index contributed by atoms with van der Waals surface area (Å²) in [7, 11) is 0. The van der Waals surface area contributed by atoms with Crippen LogP contribution in [-0.2, 0) is 0 Å². The summed E-state index contributed by atoms with van der Waals surface area (Å²) in [5, 5.41) is 9.78. The van der Waals surface area contributed by atoms with Gasteiger partial charge in [-0.05, 0) is 84.5 Å². The number of phenols is 1. The van der Waals surface area contributed by atoms with Gasteiger partial charge in [0.1, 0.15) is 18.1 Å². The van der Waals surface area contributed by atoms with E-state index < -0.39 is 0 Å². The van der Waals surface area contributed by atoms with Crippen molar-refractivity contribution in [2.24, 2.45) is 0 Å². The number of benzene rings is 3. The van der Waals surface area contributed by atoms with Crippen LogP contribution in [0.2, 0.25) is 0 Å². The predicted octanol–water partition coefficient (Wildman–Crippen LogP) is 6.24. The molecule has 3 nitrogen and oxygen atoms in total. The molecular formula is C28H31NO2. The fraction of sp³-hybridized carbons (Fsp3) is 0.286. The number of ether oxygens (including phenoxy) is 1. The topological polar surface area (TPSA) is 32.7 Å². The van der Waals surface area contributed by atoms with Crippen LogP contribution in [0.15, 0.2) is 78.9 Å². The summed E-state index contributed by atoms with van der Waals surface area (Å²) in [4.78, 5) is 2.47. The number of nitrogens with zero attached hydrogens (tertiary/aromatic N) is 1. The Morgan fingerprint density at radius 3 is 2.03 bits per heavy atom. The van der Waals surface area contributed by atoms with Gasteiger partial charge in [-0.3, -0.25) is 4.90 Å². The van der Waals surface area contributed by atoms with E-state index in [1.54, 1.807) is 12.1 Å². The zero-order chi connectivity index (χ0) is 21.5. The van der Waals surface area contributed by atoms with Crippen molar-refractivity contribution in [1.29, 1.82) is 0 Å². The molecule has 1 aliphatic rings. The van der Waals surface area contributed by atoms with E-state index in [-0.39, 0.29) is 5.75 Å². The van der Waals surface area contributed by atoms with Gasteiger partial charge in [0.05, 0.1) is 0 Å². The number of hydrogen-bond acceptors (Lipinski definition) is 3. The second-order valence-corrected chi connectivity index (χ2v) is 8.04. The molecule has 0 amide bonds. The summed E-state index contributed by atoms with van der Waals surface area (Å²) in [5.41, 5.74) is 5.95. The Bertz CT molecular complexity index is 985. The lowest BCUT2D eigenvalue weighted by atomic mass is 9.88. The summed E-state index contributed by atoms with van der Waals surface area (Å²) in [6.45, 7) is 6.31. The third-order valence-corrected chi connectivity index (χ3v) is 5.95. The molecule has 1 N–H and O–H groups in total. The molecule has 4 rings (SSSR count). The van der Waals surface area contributed by atoms with Crippen LogP contribution in [-0.4, -0.2) is 36.2 Å². The first-order chi connectivity index (χ1) is 15.2. The quantitative estimate of drug-likeness (QED) is 0.444. The number of phenolic OH excluding ortho intramolecular Hbond substituents is 1. The average molecular weight is 414 g/mol. The van der Waals surface area contributed by atoms with Gasteiger partial charge in [0.2, 0.25) is 0 Å². The fourth-order valence-electron chi connectivity index (χ4n) is 4.32. The van der Waals surface area contributed by atoms with E-state index in [4.69, 9.17) is 4.74 Å². The minimum atomic E-state index is 0.280. The molecule has 3 aromatic carbocycles. The second-order valence-electron chi connectivity index (χ2n) is 8.04. The smallest absolute Gasteiger partial charge is 0.119 e. The number of likely N-dealkylation sites (tertiary alicyclic amines) is 1. The maximum Gasteiger partial charge on any atom is 0.119 e. The largest absolute Gasteiger partial charge is 0.508 e. The van der Waals surface area contributed by atoms with Gasteiger partial charge in [0.15, 0.2) is 0 Å². The normalized spacial score (nSPS) is 15.0. The number of hydrogen-bond donors (Lipinski definition) is 1. The minimum Gasteiger partial charge on any atom is -0.508 e. The van der Waals surface area contributed by atoms with Gasteiger partial charge in [0, 0.05) is 6.54 Å². The van der Waals surface area contributed by atoms with Gasteiger partial charge < -0.3 is 9.84 Å². The van der Waals surface area contributed by atoms with E-state index in [9.17, 15) is 5.11 Å². The number of rotatable bonds is 8. The van der Waals surface area contributed by atoms with Crippen molar-refractivity contribution in [3.63, 3.8) is 0 Å². The molecule has 0 atom stereocenters. The lowest BCUT2D eigenvalue weighted by Crippen LogP contribution is -2.25. The number of aromatic hydroxyl groups is 1. The Morgan fingerprint density at radius 2 is 1.42 bits per heavy atom. The molecule has 0 radical (unpaired) electrons. The van der Waals surface area contributed by atoms with Gasteiger partial charge in [-0.15, -0.1) is 0 Å². The molecule has 3 aromatic rings. The lowest BCUT2D eigenvalue weighted by Gasteiger charge is -2.17. The van der Waals surface area contributed by atoms with Crippen LogP contribution in [0.4, 0.5) is 0 Å². The maximum atomic E-state index is 9.78. The molecule has 0 spiro atoms. The standard InChI is InChI=1S/C28H31NO2/c1-2-27(22-8-4-3-5-9-22)28(23-10-14-25(30)15-11-23)24-12-16-26(17-13-24)31-21-20-29-18-6-7-19-29/h3-5,8-17,30H,2,6-7,18-21H2,1H3/b28-27-. The first kappa shape index (κ1) is 21.2. The third kappa shape index (κ3) is 5.36. The molecule has 0 bridgehead atoms. The van der Waals surface area contributed by atoms with E-state index >= 15 is 0 Å². The van der Waals surface area contributed by atoms with Crippen molar-refractivity contribution in [2.75, 3.05) is 26.2 Å². The van der Waals surface area contributed by atoms with Crippen molar-refractivity contribution in [3.8, 4) is 11.5 Å². The highest BCUT2D eigenvalue weighted by molar-refractivity contribution is 5.98. The third-order valence-electron chi connectivity index (χ3n) is 5.95. The van der Waals surface area contributed by atoms with Gasteiger partial charge >= 0.3 is 0 Å². The van der Waals surface area contributed by atoms with Gasteiger partial charge in [-0.1, -0.05) is 61.5 Å². The lowest BCUT2D eigenvalue weighted by molar-refractivity contribution is 0.238. The van der Waals surface area contributed by atoms with Crippen molar-refractivity contribution >= 4 is 11.1 Å². The van der Waals surface area contributed by atoms with Crippen LogP contribution >= 0.6 is 0 Å². The Hall–Kier alpha value is -3.04. The van der Waals surface area contributed by atoms with Crippen LogP contribution in [0.25, 0.3) is 11.1 Å². The summed E-state index contributed by atoms with van der Waals surface area (Å²) >= 11 is 0. The van der Waals surface area contributed by atoms with Gasteiger partial charge in [-0.2, -0.15) is 0 Å². The van der Waals surface area contributed by atoms with E-state index in [2.05, 4.69) is 60.4 Å². The monoisotopic (exact) mass is 413 g/mol. The highest BCUT2D eigenvalue weighted by Crippen LogP contribution is 2.35. The number of allylic oxidation sites excluding steroid dienone is 1. The molecule has 31 heavy (non-hydrogen) atoms. The van der Waals surface area contributed by atoms with E-state index in [1.807, 2.05) is 18.2 Å². The Morgan fingerprint density at radius 1 is 0.806 bits per heavy atom. The van der Waals surface area contributed by atoms with Crippen molar-refractivity contribution in [1.82, 2.24) is 4.90 Å². The second kappa shape index (κ2) is 10.3. The van der Waals surface area contributed by atoms with E-state index in [0.717, 1.165) is 36.4 Å². The summed E-state index contributed by atoms with van der Waals surface area (Å²) in [6, 6.07) is 26.4. The van der Waals surface area contributed by atoms with E-state index in [0.29, 0.717) is 0 Å². The molecule has 0 aromatic heterocycles. The molecule has 1 heterocycles. The SMILES string of the molecule is CC/C(=C(\c1ccc(O)cc1)c1ccc(OCCN2CCCC2)cc1)c1ccccc1. The molecule has 0 aliphatic carbocycles. The summed E-state index contributed by atoms with van der Waals surface area (Å²) in [5.74, 6) is 1.19. The highest BCUT2D eigenvalue weighted by atomic mass is 16.5. The molecule has 0 unspecified atom stereocenters. The van der Waals surface area contributed by atoms with Gasteiger partial charge in [-0.25, -0.2) is 0 Å². The molecular weight excluding hydrogens is 382 g/mol. The van der Waals surface area contributed by atoms with Crippen molar-refractivity contribution in [2.45, 2.75) is 26.2 Å². The van der Waals surface area contributed by atoms with Crippen LogP contribution < -0.4 is 4.74 Å². The summed E-state index contributed by atoms with van der Waals surface area (Å²) < 4.78 is 6.00. The first-order valence-electron chi connectivity index (χ1n) is 11.3. The highest BCUT2D eigenvalue weighted by Gasteiger charge is 2.14. The van der Waals surface area contributed by atoms with Crippen LogP contribution in [0.3, 0.4) is 0 Å². The Balaban J connectivity index is 1.62. The average Bonchev–Trinajstić information content (AvgIpc) is 3.33. The fourth-order valence-corrected chi connectivity index (χ4v) is 4.32. The molecule has 1 aliphatic heterocycles. The molecule has 1 saturated heterocycles.